The zero-order valence-corrected chi connectivity index (χ0v) is 17.9. The van der Waals surface area contributed by atoms with E-state index in [1.807, 2.05) is 48.6 Å². The summed E-state index contributed by atoms with van der Waals surface area (Å²) in [6, 6.07) is 16.4. The van der Waals surface area contributed by atoms with Gasteiger partial charge in [-0.25, -0.2) is 9.97 Å². The monoisotopic (exact) mass is 515 g/mol. The summed E-state index contributed by atoms with van der Waals surface area (Å²) in [5.41, 5.74) is 7.86. The first-order valence-electron chi connectivity index (χ1n) is 7.85. The molecule has 2 aliphatic heterocycles. The Morgan fingerprint density at radius 2 is 0.760 bits per heavy atom. The van der Waals surface area contributed by atoms with Gasteiger partial charge in [-0.15, -0.1) is 0 Å². The van der Waals surface area contributed by atoms with Gasteiger partial charge in [0.25, 0.3) is 0 Å². The van der Waals surface area contributed by atoms with Crippen LogP contribution in [-0.2, 0) is 0 Å². The third kappa shape index (κ3) is 3.34. The average Bonchev–Trinajstić information content (AvgIpc) is 3.32. The van der Waals surface area contributed by atoms with E-state index in [4.69, 9.17) is 0 Å². The summed E-state index contributed by atoms with van der Waals surface area (Å²) in [5, 5.41) is 0. The first-order valence-corrected chi connectivity index (χ1v) is 7.85. The molecule has 5 rings (SSSR count). The Labute approximate surface area is 164 Å². The van der Waals surface area contributed by atoms with Crippen molar-refractivity contribution in [3.63, 3.8) is 0 Å². The Morgan fingerprint density at radius 1 is 0.480 bits per heavy atom. The number of aromatic nitrogens is 4. The van der Waals surface area contributed by atoms with Crippen LogP contribution in [0, 0.1) is 0 Å². The van der Waals surface area contributed by atoms with Gasteiger partial charge >= 0.3 is 0 Å². The van der Waals surface area contributed by atoms with Gasteiger partial charge in [0.2, 0.25) is 0 Å². The van der Waals surface area contributed by atoms with Crippen LogP contribution < -0.4 is 0 Å². The number of H-pyrrole nitrogens is 2. The first kappa shape index (κ1) is 16.0. The smallest absolute Gasteiger partial charge is 0.0658 e. The van der Waals surface area contributed by atoms with Crippen molar-refractivity contribution in [2.75, 3.05) is 0 Å². The summed E-state index contributed by atoms with van der Waals surface area (Å²) in [6.07, 6.45) is 8.09. The zero-order valence-electron chi connectivity index (χ0n) is 13.4. The largest absolute Gasteiger partial charge is 0.355 e. The molecular weight excluding hydrogens is 501 g/mol. The van der Waals surface area contributed by atoms with Gasteiger partial charge in [-0.1, -0.05) is 0 Å². The van der Waals surface area contributed by atoms with Crippen molar-refractivity contribution in [1.82, 2.24) is 19.9 Å². The van der Waals surface area contributed by atoms with Gasteiger partial charge in [0.05, 0.1) is 22.8 Å². The number of rotatable bonds is 0. The van der Waals surface area contributed by atoms with Crippen LogP contribution in [0.3, 0.4) is 0 Å². The van der Waals surface area contributed by atoms with Crippen LogP contribution in [0.2, 0.25) is 0 Å². The fraction of sp³-hybridized carbons (Fsp3) is 0. The molecule has 4 nitrogen and oxygen atoms in total. The first-order chi connectivity index (χ1) is 11.8. The van der Waals surface area contributed by atoms with E-state index in [2.05, 4.69) is 44.2 Å². The molecule has 0 atom stereocenters. The molecule has 0 amide bonds. The average molecular weight is 515 g/mol. The predicted octanol–water partition coefficient (Wildman–Crippen LogP) is 4.27. The van der Waals surface area contributed by atoms with Crippen molar-refractivity contribution in [3.8, 4) is 0 Å². The topological polar surface area (TPSA) is 57.4 Å². The van der Waals surface area contributed by atoms with Crippen LogP contribution in [0.25, 0.3) is 46.4 Å². The fourth-order valence-electron chi connectivity index (χ4n) is 2.94. The fourth-order valence-corrected chi connectivity index (χ4v) is 2.94. The quantitative estimate of drug-likeness (QED) is 0.303. The maximum atomic E-state index is 4.63. The summed E-state index contributed by atoms with van der Waals surface area (Å²) < 4.78 is 0. The summed E-state index contributed by atoms with van der Waals surface area (Å²) in [4.78, 5) is 16.0. The number of aromatic amines is 2. The van der Waals surface area contributed by atoms with E-state index >= 15 is 0 Å². The SMILES string of the molecule is C1=Cc2cc3ccc(cc4nc(cc5ccc(cc1n2)[nH]5)C=C4)[nH]3.[Tl]. The van der Waals surface area contributed by atoms with E-state index in [1.165, 1.54) is 0 Å². The molecule has 25 heavy (non-hydrogen) atoms. The molecule has 0 fully saturated rings. The van der Waals surface area contributed by atoms with Gasteiger partial charge in [0.1, 0.15) is 0 Å². The molecule has 117 valence electrons. The summed E-state index contributed by atoms with van der Waals surface area (Å²) >= 11 is 0. The molecule has 8 bridgehead atoms. The molecule has 0 saturated heterocycles. The summed E-state index contributed by atoms with van der Waals surface area (Å²) in [6.45, 7) is 0. The van der Waals surface area contributed by atoms with Gasteiger partial charge in [0, 0.05) is 49.4 Å². The molecular formula is C20H14N4Tl. The zero-order chi connectivity index (χ0) is 15.9. The molecule has 0 unspecified atom stereocenters. The minimum atomic E-state index is 0. The van der Waals surface area contributed by atoms with Crippen molar-refractivity contribution in [2.24, 2.45) is 0 Å². The molecule has 5 heteroatoms. The van der Waals surface area contributed by atoms with Crippen LogP contribution in [0.4, 0.5) is 0 Å². The molecule has 0 spiro atoms. The molecule has 3 aromatic heterocycles. The summed E-state index contributed by atoms with van der Waals surface area (Å²) in [5.74, 6) is 0. The third-order valence-corrected chi connectivity index (χ3v) is 4.04. The van der Waals surface area contributed by atoms with Gasteiger partial charge in [-0.05, 0) is 72.8 Å². The molecule has 5 heterocycles. The predicted molar refractivity (Wildman–Crippen MR) is 105 cm³/mol. The van der Waals surface area contributed by atoms with Crippen molar-refractivity contribution < 1.29 is 0 Å². The molecule has 0 aliphatic carbocycles. The normalized spacial score (nSPS) is 12.2. The molecule has 0 aromatic carbocycles. The minimum Gasteiger partial charge on any atom is -0.355 e. The second-order valence-corrected chi connectivity index (χ2v) is 5.91. The summed E-state index contributed by atoms with van der Waals surface area (Å²) in [7, 11) is 0. The Hall–Kier alpha value is -2.48. The van der Waals surface area contributed by atoms with Gasteiger partial charge in [0.15, 0.2) is 0 Å². The van der Waals surface area contributed by atoms with E-state index in [0.717, 1.165) is 44.8 Å². The van der Waals surface area contributed by atoms with Gasteiger partial charge in [-0.2, -0.15) is 0 Å². The maximum Gasteiger partial charge on any atom is 0.0658 e. The van der Waals surface area contributed by atoms with E-state index in [9.17, 15) is 0 Å². The maximum absolute atomic E-state index is 4.63. The second kappa shape index (κ2) is 6.44. The van der Waals surface area contributed by atoms with Gasteiger partial charge in [-0.3, -0.25) is 0 Å². The Bertz CT molecular complexity index is 990. The van der Waals surface area contributed by atoms with Crippen molar-refractivity contribution in [3.05, 3.63) is 71.3 Å². The van der Waals surface area contributed by atoms with E-state index in [0.29, 0.717) is 0 Å². The molecule has 2 aliphatic rings. The van der Waals surface area contributed by atoms with Crippen LogP contribution in [0.15, 0.2) is 48.5 Å². The molecule has 1 radical (unpaired) electrons. The van der Waals surface area contributed by atoms with Crippen LogP contribution in [0.5, 0.6) is 0 Å². The molecule has 2 N–H and O–H groups in total. The number of hydrogen-bond donors (Lipinski definition) is 2. The van der Waals surface area contributed by atoms with E-state index in [1.54, 1.807) is 0 Å². The molecule has 3 aromatic rings. The van der Waals surface area contributed by atoms with Crippen LogP contribution in [-0.4, -0.2) is 47.2 Å². The number of nitrogens with zero attached hydrogens (tertiary/aromatic N) is 2. The number of hydrogen-bond acceptors (Lipinski definition) is 2. The number of nitrogens with one attached hydrogen (secondary N) is 2. The van der Waals surface area contributed by atoms with Crippen molar-refractivity contribution in [2.45, 2.75) is 0 Å². The molecule has 0 saturated carbocycles. The van der Waals surface area contributed by atoms with Crippen molar-refractivity contribution in [1.29, 1.82) is 0 Å². The third-order valence-electron chi connectivity index (χ3n) is 4.04. The standard InChI is InChI=1S/C20H14N4.Tl/c1-2-14-10-16-5-6-18(23-16)12-20-8-7-19(24-20)11-17-4-3-15(22-17)9-13(1)21-14;/h1-12,21,24H;. The van der Waals surface area contributed by atoms with Crippen LogP contribution in [0.1, 0.15) is 22.8 Å². The second-order valence-electron chi connectivity index (χ2n) is 5.91. The van der Waals surface area contributed by atoms with Crippen molar-refractivity contribution >= 4 is 73.7 Å². The van der Waals surface area contributed by atoms with Gasteiger partial charge < -0.3 is 9.97 Å². The number of fused-ring (bicyclic) bond motifs is 8. The Balaban J connectivity index is 0.00000157. The van der Waals surface area contributed by atoms with Crippen LogP contribution >= 0.6 is 0 Å². The Kier molecular flexibility index (Phi) is 4.12. The Morgan fingerprint density at radius 3 is 1.04 bits per heavy atom. The van der Waals surface area contributed by atoms with E-state index < -0.39 is 0 Å². The minimum absolute atomic E-state index is 0. The van der Waals surface area contributed by atoms with E-state index in [-0.39, 0.29) is 27.3 Å².